The SMILES string of the molecule is Cl.O=C(O)CNC(=O)c1c(O)cc(CCc2cccc(C(F)(F)F)c2)c2ncnn12. The molecule has 3 aromatic rings. The van der Waals surface area contributed by atoms with Gasteiger partial charge >= 0.3 is 12.1 Å². The molecule has 3 rings (SSSR count). The van der Waals surface area contributed by atoms with E-state index in [2.05, 4.69) is 15.4 Å². The molecule has 0 aliphatic carbocycles. The highest BCUT2D eigenvalue weighted by atomic mass is 35.5. The Morgan fingerprint density at radius 2 is 1.90 bits per heavy atom. The monoisotopic (exact) mass is 444 g/mol. The molecule has 0 saturated heterocycles. The first-order valence-electron chi connectivity index (χ1n) is 8.37. The van der Waals surface area contributed by atoms with E-state index in [4.69, 9.17) is 5.11 Å². The van der Waals surface area contributed by atoms with Crippen LogP contribution < -0.4 is 5.32 Å². The predicted molar refractivity (Wildman–Crippen MR) is 101 cm³/mol. The maximum Gasteiger partial charge on any atom is 0.416 e. The van der Waals surface area contributed by atoms with Gasteiger partial charge in [0.05, 0.1) is 5.56 Å². The van der Waals surface area contributed by atoms with Crippen molar-refractivity contribution in [1.82, 2.24) is 19.9 Å². The minimum atomic E-state index is -4.44. The third-order valence-corrected chi connectivity index (χ3v) is 4.15. The van der Waals surface area contributed by atoms with Crippen LogP contribution in [0.1, 0.15) is 27.2 Å². The molecular weight excluding hydrogens is 429 g/mol. The lowest BCUT2D eigenvalue weighted by molar-refractivity contribution is -0.138. The highest BCUT2D eigenvalue weighted by Crippen LogP contribution is 2.30. The molecule has 30 heavy (non-hydrogen) atoms. The van der Waals surface area contributed by atoms with Crippen LogP contribution in [0.2, 0.25) is 0 Å². The van der Waals surface area contributed by atoms with E-state index in [9.17, 15) is 27.9 Å². The number of fused-ring (bicyclic) bond motifs is 1. The summed E-state index contributed by atoms with van der Waals surface area (Å²) >= 11 is 0. The maximum atomic E-state index is 12.9. The Bertz CT molecular complexity index is 1080. The van der Waals surface area contributed by atoms with Crippen molar-refractivity contribution in [1.29, 1.82) is 0 Å². The number of carboxylic acid groups (broad SMARTS) is 1. The van der Waals surface area contributed by atoms with Gasteiger partial charge in [-0.1, -0.05) is 18.2 Å². The number of carbonyl (C=O) groups excluding carboxylic acids is 1. The first-order valence-corrected chi connectivity index (χ1v) is 8.37. The van der Waals surface area contributed by atoms with Crippen molar-refractivity contribution in [2.45, 2.75) is 19.0 Å². The molecule has 0 fully saturated rings. The van der Waals surface area contributed by atoms with Crippen molar-refractivity contribution in [2.75, 3.05) is 6.54 Å². The van der Waals surface area contributed by atoms with Gasteiger partial charge in [0.25, 0.3) is 5.91 Å². The summed E-state index contributed by atoms with van der Waals surface area (Å²) in [5, 5.41) is 24.9. The van der Waals surface area contributed by atoms with E-state index in [0.717, 1.165) is 23.0 Å². The second-order valence-electron chi connectivity index (χ2n) is 6.17. The third kappa shape index (κ3) is 4.98. The molecule has 1 aromatic carbocycles. The number of carboxylic acids is 1. The average molecular weight is 445 g/mol. The highest BCUT2D eigenvalue weighted by Gasteiger charge is 2.30. The van der Waals surface area contributed by atoms with Crippen LogP contribution in [0.5, 0.6) is 5.75 Å². The van der Waals surface area contributed by atoms with Gasteiger partial charge in [-0.15, -0.1) is 12.4 Å². The highest BCUT2D eigenvalue weighted by molar-refractivity contribution is 5.97. The number of aliphatic carboxylic acids is 1. The molecule has 0 aliphatic rings. The number of hydrogen-bond donors (Lipinski definition) is 3. The summed E-state index contributed by atoms with van der Waals surface area (Å²) in [5.74, 6) is -2.57. The third-order valence-electron chi connectivity index (χ3n) is 4.15. The normalized spacial score (nSPS) is 11.2. The fraction of sp³-hybridized carbons (Fsp3) is 0.222. The van der Waals surface area contributed by atoms with Gasteiger partial charge in [-0.3, -0.25) is 9.59 Å². The lowest BCUT2D eigenvalue weighted by Gasteiger charge is -2.11. The molecule has 0 spiro atoms. The summed E-state index contributed by atoms with van der Waals surface area (Å²) in [6, 6.07) is 6.18. The number of benzene rings is 1. The molecule has 0 atom stereocenters. The van der Waals surface area contributed by atoms with E-state index in [-0.39, 0.29) is 36.6 Å². The number of alkyl halides is 3. The van der Waals surface area contributed by atoms with Gasteiger partial charge in [0, 0.05) is 5.56 Å². The second-order valence-corrected chi connectivity index (χ2v) is 6.17. The van der Waals surface area contributed by atoms with E-state index in [1.807, 2.05) is 0 Å². The van der Waals surface area contributed by atoms with Crippen molar-refractivity contribution in [3.8, 4) is 5.75 Å². The number of pyridine rings is 1. The van der Waals surface area contributed by atoms with Crippen LogP contribution in [-0.2, 0) is 23.8 Å². The van der Waals surface area contributed by atoms with Gasteiger partial charge in [0.1, 0.15) is 18.6 Å². The first-order chi connectivity index (χ1) is 13.7. The van der Waals surface area contributed by atoms with E-state index in [0.29, 0.717) is 11.1 Å². The number of halogens is 4. The second kappa shape index (κ2) is 8.99. The van der Waals surface area contributed by atoms with Crippen LogP contribution >= 0.6 is 12.4 Å². The molecule has 0 aliphatic heterocycles. The quantitative estimate of drug-likeness (QED) is 0.538. The first kappa shape index (κ1) is 22.9. The number of carbonyl (C=O) groups is 2. The van der Waals surface area contributed by atoms with E-state index in [1.54, 1.807) is 6.07 Å². The van der Waals surface area contributed by atoms with Crippen molar-refractivity contribution in [3.05, 3.63) is 59.0 Å². The van der Waals surface area contributed by atoms with Crippen LogP contribution in [0, 0.1) is 0 Å². The lowest BCUT2D eigenvalue weighted by Crippen LogP contribution is -2.31. The molecule has 160 valence electrons. The number of nitrogens with zero attached hydrogens (tertiary/aromatic N) is 3. The largest absolute Gasteiger partial charge is 0.505 e. The maximum absolute atomic E-state index is 12.9. The van der Waals surface area contributed by atoms with Crippen LogP contribution in [0.15, 0.2) is 36.7 Å². The van der Waals surface area contributed by atoms with E-state index < -0.39 is 35.9 Å². The molecule has 12 heteroatoms. The van der Waals surface area contributed by atoms with Gasteiger partial charge in [-0.2, -0.15) is 18.3 Å². The van der Waals surface area contributed by atoms with E-state index in [1.165, 1.54) is 12.1 Å². The Kier molecular flexibility index (Phi) is 6.88. The summed E-state index contributed by atoms with van der Waals surface area (Å²) in [4.78, 5) is 26.8. The molecule has 8 nitrogen and oxygen atoms in total. The lowest BCUT2D eigenvalue weighted by atomic mass is 10.0. The number of amides is 1. The molecule has 3 N–H and O–H groups in total. The molecule has 1 amide bonds. The zero-order valence-electron chi connectivity index (χ0n) is 15.2. The number of aromatic nitrogens is 3. The van der Waals surface area contributed by atoms with Gasteiger partial charge in [0.15, 0.2) is 11.3 Å². The summed E-state index contributed by atoms with van der Waals surface area (Å²) < 4.78 is 39.6. The molecular formula is C18H16ClF3N4O4. The fourth-order valence-electron chi connectivity index (χ4n) is 2.85. The van der Waals surface area contributed by atoms with Crippen LogP contribution in [-0.4, -0.2) is 43.2 Å². The minimum Gasteiger partial charge on any atom is -0.505 e. The topological polar surface area (TPSA) is 117 Å². The standard InChI is InChI=1S/C18H15F3N4O4.ClH/c19-18(20,21)12-3-1-2-10(6-12)4-5-11-7-13(26)15(17(29)22-8-14(27)28)25-16(11)23-9-24-25;/h1-3,6-7,9,26H,4-5,8H2,(H,22,29)(H,27,28);1H. The smallest absolute Gasteiger partial charge is 0.416 e. The Morgan fingerprint density at radius 3 is 2.57 bits per heavy atom. The Balaban J connectivity index is 0.00000320. The van der Waals surface area contributed by atoms with Gasteiger partial charge < -0.3 is 15.5 Å². The Morgan fingerprint density at radius 1 is 1.17 bits per heavy atom. The van der Waals surface area contributed by atoms with Crippen molar-refractivity contribution < 1.29 is 33.0 Å². The molecule has 0 unspecified atom stereocenters. The average Bonchev–Trinajstić information content (AvgIpc) is 3.13. The zero-order chi connectivity index (χ0) is 21.2. The van der Waals surface area contributed by atoms with Crippen molar-refractivity contribution in [2.24, 2.45) is 0 Å². The number of aryl methyl sites for hydroxylation is 2. The summed E-state index contributed by atoms with van der Waals surface area (Å²) in [6.45, 7) is -0.647. The summed E-state index contributed by atoms with van der Waals surface area (Å²) in [7, 11) is 0. The fourth-order valence-corrected chi connectivity index (χ4v) is 2.85. The molecule has 2 aromatic heterocycles. The Hall–Kier alpha value is -3.34. The van der Waals surface area contributed by atoms with Crippen molar-refractivity contribution >= 4 is 29.9 Å². The zero-order valence-corrected chi connectivity index (χ0v) is 16.0. The Labute approximate surface area is 173 Å². The van der Waals surface area contributed by atoms with E-state index >= 15 is 0 Å². The van der Waals surface area contributed by atoms with Gasteiger partial charge in [0.2, 0.25) is 0 Å². The van der Waals surface area contributed by atoms with Crippen molar-refractivity contribution in [3.63, 3.8) is 0 Å². The molecule has 0 saturated carbocycles. The predicted octanol–water partition coefficient (Wildman–Crippen LogP) is 2.48. The summed E-state index contributed by atoms with van der Waals surface area (Å²) in [5.41, 5.74) is 0.0974. The molecule has 0 radical (unpaired) electrons. The number of nitrogens with one attached hydrogen (secondary N) is 1. The van der Waals surface area contributed by atoms with Gasteiger partial charge in [-0.25, -0.2) is 9.50 Å². The molecule has 0 bridgehead atoms. The van der Waals surface area contributed by atoms with Gasteiger partial charge in [-0.05, 0) is 30.5 Å². The number of hydrogen-bond acceptors (Lipinski definition) is 5. The minimum absolute atomic E-state index is 0. The number of aromatic hydroxyl groups is 1. The van der Waals surface area contributed by atoms with Crippen LogP contribution in [0.3, 0.4) is 0 Å². The number of rotatable bonds is 6. The summed E-state index contributed by atoms with van der Waals surface area (Å²) in [6.07, 6.45) is -2.83. The molecule has 2 heterocycles. The van der Waals surface area contributed by atoms with Crippen LogP contribution in [0.25, 0.3) is 5.65 Å². The van der Waals surface area contributed by atoms with Crippen LogP contribution in [0.4, 0.5) is 13.2 Å².